The van der Waals surface area contributed by atoms with E-state index < -0.39 is 0 Å². The van der Waals surface area contributed by atoms with Crippen LogP contribution in [-0.4, -0.2) is 27.5 Å². The van der Waals surface area contributed by atoms with Gasteiger partial charge in [-0.05, 0) is 56.2 Å². The lowest BCUT2D eigenvalue weighted by Crippen LogP contribution is -2.23. The molecule has 0 unspecified atom stereocenters. The van der Waals surface area contributed by atoms with Gasteiger partial charge >= 0.3 is 0 Å². The number of ether oxygens (including phenoxy) is 2. The molecule has 0 spiro atoms. The first kappa shape index (κ1) is 17.1. The summed E-state index contributed by atoms with van der Waals surface area (Å²) in [6.45, 7) is 6.64. The molecule has 1 amide bonds. The summed E-state index contributed by atoms with van der Waals surface area (Å²) >= 11 is 0. The highest BCUT2D eigenvalue weighted by atomic mass is 16.7. The van der Waals surface area contributed by atoms with E-state index in [-0.39, 0.29) is 12.7 Å². The highest BCUT2D eigenvalue weighted by molar-refractivity contribution is 5.93. The zero-order valence-corrected chi connectivity index (χ0v) is 15.4. The topological polar surface area (TPSA) is 78.3 Å². The summed E-state index contributed by atoms with van der Waals surface area (Å²) in [4.78, 5) is 16.8. The molecule has 1 aromatic carbocycles. The van der Waals surface area contributed by atoms with Crippen molar-refractivity contribution in [2.24, 2.45) is 0 Å². The third kappa shape index (κ3) is 3.23. The fourth-order valence-corrected chi connectivity index (χ4v) is 2.92. The molecule has 4 rings (SSSR count). The molecule has 1 N–H and O–H groups in total. The van der Waals surface area contributed by atoms with E-state index in [9.17, 15) is 4.79 Å². The standard InChI is InChI=1S/C20H20N4O3/c1-12-13(2)23-24(14(12)3)19-7-5-16(10-21-19)20(25)22-9-15-4-6-17-18(8-15)27-11-26-17/h4-8,10H,9,11H2,1-3H3,(H,22,25). The van der Waals surface area contributed by atoms with Crippen LogP contribution in [0.4, 0.5) is 0 Å². The minimum atomic E-state index is -0.184. The molecule has 0 radical (unpaired) electrons. The van der Waals surface area contributed by atoms with Crippen LogP contribution >= 0.6 is 0 Å². The normalized spacial score (nSPS) is 12.3. The molecule has 0 saturated carbocycles. The van der Waals surface area contributed by atoms with Gasteiger partial charge in [0.05, 0.1) is 11.3 Å². The largest absolute Gasteiger partial charge is 0.454 e. The number of rotatable bonds is 4. The van der Waals surface area contributed by atoms with Crippen LogP contribution in [0.25, 0.3) is 5.82 Å². The van der Waals surface area contributed by atoms with E-state index in [4.69, 9.17) is 9.47 Å². The molecule has 27 heavy (non-hydrogen) atoms. The molecule has 0 atom stereocenters. The van der Waals surface area contributed by atoms with Crippen molar-refractivity contribution in [3.8, 4) is 17.3 Å². The van der Waals surface area contributed by atoms with Crippen molar-refractivity contribution in [3.05, 3.63) is 64.6 Å². The second-order valence-corrected chi connectivity index (χ2v) is 6.48. The Morgan fingerprint density at radius 3 is 2.67 bits per heavy atom. The van der Waals surface area contributed by atoms with E-state index in [1.165, 1.54) is 0 Å². The molecule has 7 nitrogen and oxygen atoms in total. The fourth-order valence-electron chi connectivity index (χ4n) is 2.92. The molecule has 0 saturated heterocycles. The van der Waals surface area contributed by atoms with Crippen molar-refractivity contribution in [2.45, 2.75) is 27.3 Å². The lowest BCUT2D eigenvalue weighted by Gasteiger charge is -2.08. The molecule has 1 aliphatic rings. The van der Waals surface area contributed by atoms with Crippen LogP contribution in [0.5, 0.6) is 11.5 Å². The minimum Gasteiger partial charge on any atom is -0.454 e. The lowest BCUT2D eigenvalue weighted by molar-refractivity contribution is 0.0950. The van der Waals surface area contributed by atoms with Gasteiger partial charge in [0, 0.05) is 18.4 Å². The maximum atomic E-state index is 12.4. The Labute approximate surface area is 156 Å². The molecule has 7 heteroatoms. The van der Waals surface area contributed by atoms with Crippen molar-refractivity contribution in [3.63, 3.8) is 0 Å². The van der Waals surface area contributed by atoms with Gasteiger partial charge in [-0.1, -0.05) is 6.07 Å². The third-order valence-corrected chi connectivity index (χ3v) is 4.77. The number of aromatic nitrogens is 3. The van der Waals surface area contributed by atoms with Gasteiger partial charge in [-0.15, -0.1) is 0 Å². The molecule has 0 aliphatic carbocycles. The van der Waals surface area contributed by atoms with Gasteiger partial charge in [0.15, 0.2) is 17.3 Å². The number of nitrogens with one attached hydrogen (secondary N) is 1. The summed E-state index contributed by atoms with van der Waals surface area (Å²) in [5, 5.41) is 7.38. The number of carbonyl (C=O) groups excluding carboxylic acids is 1. The average molecular weight is 364 g/mol. The Kier molecular flexibility index (Phi) is 4.27. The highest BCUT2D eigenvalue weighted by Crippen LogP contribution is 2.32. The summed E-state index contributed by atoms with van der Waals surface area (Å²) in [6.07, 6.45) is 1.57. The van der Waals surface area contributed by atoms with E-state index in [0.29, 0.717) is 23.7 Å². The molecule has 138 valence electrons. The molecule has 0 bridgehead atoms. The van der Waals surface area contributed by atoms with Crippen LogP contribution in [0.3, 0.4) is 0 Å². The molecule has 0 fully saturated rings. The average Bonchev–Trinajstić information content (AvgIpc) is 3.26. The number of carbonyl (C=O) groups is 1. The maximum Gasteiger partial charge on any atom is 0.253 e. The number of pyridine rings is 1. The quantitative estimate of drug-likeness (QED) is 0.770. The summed E-state index contributed by atoms with van der Waals surface area (Å²) in [7, 11) is 0. The third-order valence-electron chi connectivity index (χ3n) is 4.77. The summed E-state index contributed by atoms with van der Waals surface area (Å²) in [5.41, 5.74) is 4.59. The van der Waals surface area contributed by atoms with E-state index >= 15 is 0 Å². The molecular formula is C20H20N4O3. The minimum absolute atomic E-state index is 0.184. The molecule has 3 aromatic rings. The van der Waals surface area contributed by atoms with Crippen molar-refractivity contribution >= 4 is 5.91 Å². The van der Waals surface area contributed by atoms with Crippen LogP contribution in [0.1, 0.15) is 32.9 Å². The number of hydrogen-bond acceptors (Lipinski definition) is 5. The Hall–Kier alpha value is -3.35. The predicted octanol–water partition coefficient (Wildman–Crippen LogP) is 2.85. The Morgan fingerprint density at radius 2 is 1.96 bits per heavy atom. The van der Waals surface area contributed by atoms with Crippen molar-refractivity contribution in [2.75, 3.05) is 6.79 Å². The smallest absolute Gasteiger partial charge is 0.253 e. The lowest BCUT2D eigenvalue weighted by atomic mass is 10.2. The number of nitrogens with zero attached hydrogens (tertiary/aromatic N) is 3. The van der Waals surface area contributed by atoms with Crippen molar-refractivity contribution in [1.29, 1.82) is 0 Å². The summed E-state index contributed by atoms with van der Waals surface area (Å²) in [5.74, 6) is 1.93. The van der Waals surface area contributed by atoms with Crippen LogP contribution in [-0.2, 0) is 6.54 Å². The number of aryl methyl sites for hydroxylation is 1. The Bertz CT molecular complexity index is 1010. The van der Waals surface area contributed by atoms with Gasteiger partial charge in [-0.2, -0.15) is 5.10 Å². The van der Waals surface area contributed by atoms with Gasteiger partial charge in [0.1, 0.15) is 0 Å². The van der Waals surface area contributed by atoms with E-state index in [1.807, 2.05) is 39.0 Å². The Morgan fingerprint density at radius 1 is 1.15 bits per heavy atom. The van der Waals surface area contributed by atoms with E-state index in [2.05, 4.69) is 15.4 Å². The van der Waals surface area contributed by atoms with E-state index in [0.717, 1.165) is 28.3 Å². The highest BCUT2D eigenvalue weighted by Gasteiger charge is 2.14. The number of hydrogen-bond donors (Lipinski definition) is 1. The Balaban J connectivity index is 1.44. The maximum absolute atomic E-state index is 12.4. The van der Waals surface area contributed by atoms with Crippen molar-refractivity contribution in [1.82, 2.24) is 20.1 Å². The van der Waals surface area contributed by atoms with Crippen LogP contribution in [0.2, 0.25) is 0 Å². The van der Waals surface area contributed by atoms with Gasteiger partial charge in [0.25, 0.3) is 5.91 Å². The van der Waals surface area contributed by atoms with Crippen LogP contribution in [0.15, 0.2) is 36.5 Å². The number of amides is 1. The zero-order valence-electron chi connectivity index (χ0n) is 15.4. The molecule has 2 aromatic heterocycles. The molecular weight excluding hydrogens is 344 g/mol. The first-order chi connectivity index (χ1) is 13.0. The monoisotopic (exact) mass is 364 g/mol. The number of benzene rings is 1. The molecule has 3 heterocycles. The van der Waals surface area contributed by atoms with Gasteiger partial charge in [0.2, 0.25) is 6.79 Å². The van der Waals surface area contributed by atoms with E-state index in [1.54, 1.807) is 23.0 Å². The van der Waals surface area contributed by atoms with Crippen molar-refractivity contribution < 1.29 is 14.3 Å². The zero-order chi connectivity index (χ0) is 19.0. The second kappa shape index (κ2) is 6.75. The fraction of sp³-hybridized carbons (Fsp3) is 0.250. The van der Waals surface area contributed by atoms with Gasteiger partial charge < -0.3 is 14.8 Å². The first-order valence-corrected chi connectivity index (χ1v) is 8.69. The predicted molar refractivity (Wildman–Crippen MR) is 99.3 cm³/mol. The summed E-state index contributed by atoms with van der Waals surface area (Å²) in [6, 6.07) is 9.17. The summed E-state index contributed by atoms with van der Waals surface area (Å²) < 4.78 is 12.4. The first-order valence-electron chi connectivity index (χ1n) is 8.69. The second-order valence-electron chi connectivity index (χ2n) is 6.48. The SMILES string of the molecule is Cc1nn(-c2ccc(C(=O)NCc3ccc4c(c3)OCO4)cn2)c(C)c1C. The van der Waals surface area contributed by atoms with Gasteiger partial charge in [-0.25, -0.2) is 9.67 Å². The van der Waals surface area contributed by atoms with Gasteiger partial charge in [-0.3, -0.25) is 4.79 Å². The van der Waals surface area contributed by atoms with Crippen LogP contribution in [0, 0.1) is 20.8 Å². The number of fused-ring (bicyclic) bond motifs is 1. The molecule has 1 aliphatic heterocycles. The van der Waals surface area contributed by atoms with Crippen LogP contribution < -0.4 is 14.8 Å².